The van der Waals surface area contributed by atoms with Crippen molar-refractivity contribution in [3.63, 3.8) is 0 Å². The summed E-state index contributed by atoms with van der Waals surface area (Å²) in [7, 11) is 1.87. The van der Waals surface area contributed by atoms with E-state index in [4.69, 9.17) is 4.74 Å². The van der Waals surface area contributed by atoms with Crippen LogP contribution in [-0.2, 0) is 23.1 Å². The fourth-order valence-corrected chi connectivity index (χ4v) is 3.71. The van der Waals surface area contributed by atoms with Gasteiger partial charge in [-0.2, -0.15) is 5.10 Å². The fourth-order valence-electron chi connectivity index (χ4n) is 3.71. The van der Waals surface area contributed by atoms with Gasteiger partial charge >= 0.3 is 0 Å². The van der Waals surface area contributed by atoms with E-state index in [2.05, 4.69) is 27.6 Å². The molecule has 8 nitrogen and oxygen atoms in total. The molecule has 0 bridgehead atoms. The van der Waals surface area contributed by atoms with Gasteiger partial charge < -0.3 is 19.9 Å². The Balaban J connectivity index is 1.48. The Kier molecular flexibility index (Phi) is 5.62. The van der Waals surface area contributed by atoms with Gasteiger partial charge in [0.05, 0.1) is 17.8 Å². The second-order valence-corrected chi connectivity index (χ2v) is 7.21. The SMILES string of the molecule is CCn1ccnc1[C@@H]1OCCC[C@H]1C(=O)Nc1cccc(Nc2cnn(C)c2)c1. The molecule has 1 aliphatic heterocycles. The zero-order valence-corrected chi connectivity index (χ0v) is 16.7. The number of rotatable bonds is 6. The van der Waals surface area contributed by atoms with Crippen molar-refractivity contribution in [3.05, 3.63) is 54.9 Å². The molecule has 1 saturated heterocycles. The van der Waals surface area contributed by atoms with E-state index < -0.39 is 0 Å². The number of nitrogens with one attached hydrogen (secondary N) is 2. The number of aromatic nitrogens is 4. The van der Waals surface area contributed by atoms with Gasteiger partial charge in [0, 0.05) is 50.2 Å². The summed E-state index contributed by atoms with van der Waals surface area (Å²) in [5.74, 6) is 0.504. The molecule has 1 fully saturated rings. The Hall–Kier alpha value is -3.13. The van der Waals surface area contributed by atoms with Gasteiger partial charge in [0.1, 0.15) is 11.9 Å². The average molecular weight is 394 g/mol. The maximum Gasteiger partial charge on any atom is 0.230 e. The normalized spacial score (nSPS) is 19.1. The highest BCUT2D eigenvalue weighted by Gasteiger charge is 2.35. The summed E-state index contributed by atoms with van der Waals surface area (Å²) < 4.78 is 9.75. The molecule has 3 heterocycles. The molecular formula is C21H26N6O2. The molecular weight excluding hydrogens is 368 g/mol. The van der Waals surface area contributed by atoms with Crippen LogP contribution in [0.25, 0.3) is 0 Å². The van der Waals surface area contributed by atoms with E-state index in [0.717, 1.165) is 42.3 Å². The van der Waals surface area contributed by atoms with Crippen molar-refractivity contribution in [2.45, 2.75) is 32.4 Å². The Morgan fingerprint density at radius 1 is 1.31 bits per heavy atom. The third kappa shape index (κ3) is 4.32. The van der Waals surface area contributed by atoms with Crippen LogP contribution in [-0.4, -0.2) is 31.8 Å². The molecule has 8 heteroatoms. The third-order valence-corrected chi connectivity index (χ3v) is 5.13. The fraction of sp³-hybridized carbons (Fsp3) is 0.381. The van der Waals surface area contributed by atoms with Gasteiger partial charge in [-0.05, 0) is 38.0 Å². The first kappa shape index (κ1) is 19.2. The number of ether oxygens (including phenoxy) is 1. The molecule has 2 N–H and O–H groups in total. The molecule has 3 aromatic rings. The summed E-state index contributed by atoms with van der Waals surface area (Å²) in [6.45, 7) is 3.50. The van der Waals surface area contributed by atoms with Gasteiger partial charge in [-0.15, -0.1) is 0 Å². The van der Waals surface area contributed by atoms with Crippen molar-refractivity contribution in [2.75, 3.05) is 17.2 Å². The molecule has 2 atom stereocenters. The quantitative estimate of drug-likeness (QED) is 0.668. The topological polar surface area (TPSA) is 86.0 Å². The first-order valence-corrected chi connectivity index (χ1v) is 9.93. The summed E-state index contributed by atoms with van der Waals surface area (Å²) in [6.07, 6.45) is 8.66. The number of aryl methyl sites for hydroxylation is 2. The van der Waals surface area contributed by atoms with Gasteiger partial charge in [0.2, 0.25) is 5.91 Å². The molecule has 152 valence electrons. The molecule has 2 aromatic heterocycles. The zero-order chi connectivity index (χ0) is 20.2. The van der Waals surface area contributed by atoms with Crippen LogP contribution in [0.1, 0.15) is 31.7 Å². The number of imidazole rings is 1. The Morgan fingerprint density at radius 2 is 2.17 bits per heavy atom. The summed E-state index contributed by atoms with van der Waals surface area (Å²) in [5.41, 5.74) is 2.52. The largest absolute Gasteiger partial charge is 0.369 e. The lowest BCUT2D eigenvalue weighted by Gasteiger charge is -2.30. The van der Waals surface area contributed by atoms with E-state index in [1.165, 1.54) is 0 Å². The minimum atomic E-state index is -0.324. The van der Waals surface area contributed by atoms with Gasteiger partial charge in [-0.3, -0.25) is 9.48 Å². The second kappa shape index (κ2) is 8.48. The van der Waals surface area contributed by atoms with E-state index in [0.29, 0.717) is 6.61 Å². The molecule has 29 heavy (non-hydrogen) atoms. The first-order valence-electron chi connectivity index (χ1n) is 9.93. The lowest BCUT2D eigenvalue weighted by molar-refractivity contribution is -0.130. The summed E-state index contributed by atoms with van der Waals surface area (Å²) in [6, 6.07) is 7.66. The van der Waals surface area contributed by atoms with E-state index >= 15 is 0 Å². The van der Waals surface area contributed by atoms with Crippen molar-refractivity contribution in [1.82, 2.24) is 19.3 Å². The smallest absolute Gasteiger partial charge is 0.230 e. The van der Waals surface area contributed by atoms with Gasteiger partial charge in [-0.1, -0.05) is 6.07 Å². The summed E-state index contributed by atoms with van der Waals surface area (Å²) >= 11 is 0. The van der Waals surface area contributed by atoms with Crippen molar-refractivity contribution in [3.8, 4) is 0 Å². The van der Waals surface area contributed by atoms with Crippen LogP contribution in [0.4, 0.5) is 17.1 Å². The Labute approximate surface area is 169 Å². The van der Waals surface area contributed by atoms with Crippen LogP contribution in [0.5, 0.6) is 0 Å². The molecule has 0 saturated carbocycles. The lowest BCUT2D eigenvalue weighted by atomic mass is 9.92. The first-order chi connectivity index (χ1) is 14.1. The van der Waals surface area contributed by atoms with Crippen LogP contribution in [0.15, 0.2) is 49.1 Å². The molecule has 0 spiro atoms. The highest BCUT2D eigenvalue weighted by Crippen LogP contribution is 2.34. The number of hydrogen-bond acceptors (Lipinski definition) is 5. The maximum absolute atomic E-state index is 13.1. The van der Waals surface area contributed by atoms with Gasteiger partial charge in [0.25, 0.3) is 0 Å². The van der Waals surface area contributed by atoms with E-state index in [1.807, 2.05) is 48.3 Å². The minimum absolute atomic E-state index is 0.0427. The zero-order valence-electron chi connectivity index (χ0n) is 16.7. The van der Waals surface area contributed by atoms with Crippen molar-refractivity contribution < 1.29 is 9.53 Å². The molecule has 1 aliphatic rings. The second-order valence-electron chi connectivity index (χ2n) is 7.21. The molecule has 1 amide bonds. The lowest BCUT2D eigenvalue weighted by Crippen LogP contribution is -2.34. The Morgan fingerprint density at radius 3 is 2.97 bits per heavy atom. The average Bonchev–Trinajstić information content (AvgIpc) is 3.37. The van der Waals surface area contributed by atoms with Crippen molar-refractivity contribution in [1.29, 1.82) is 0 Å². The van der Waals surface area contributed by atoms with Crippen LogP contribution in [0, 0.1) is 5.92 Å². The van der Waals surface area contributed by atoms with E-state index in [9.17, 15) is 4.79 Å². The van der Waals surface area contributed by atoms with Gasteiger partial charge in [0.15, 0.2) is 0 Å². The predicted octanol–water partition coefficient (Wildman–Crippen LogP) is 3.49. The third-order valence-electron chi connectivity index (χ3n) is 5.13. The van der Waals surface area contributed by atoms with E-state index in [-0.39, 0.29) is 17.9 Å². The number of carbonyl (C=O) groups is 1. The molecule has 4 rings (SSSR count). The van der Waals surface area contributed by atoms with Gasteiger partial charge in [-0.25, -0.2) is 4.98 Å². The van der Waals surface area contributed by atoms with Crippen molar-refractivity contribution >= 4 is 23.0 Å². The number of benzene rings is 1. The number of amides is 1. The summed E-state index contributed by atoms with van der Waals surface area (Å²) in [4.78, 5) is 17.5. The monoisotopic (exact) mass is 394 g/mol. The van der Waals surface area contributed by atoms with Crippen LogP contribution < -0.4 is 10.6 Å². The van der Waals surface area contributed by atoms with Crippen LogP contribution in [0.2, 0.25) is 0 Å². The molecule has 0 radical (unpaired) electrons. The van der Waals surface area contributed by atoms with Crippen LogP contribution in [0.3, 0.4) is 0 Å². The maximum atomic E-state index is 13.1. The highest BCUT2D eigenvalue weighted by atomic mass is 16.5. The number of carbonyl (C=O) groups excluding carboxylic acids is 1. The standard InChI is InChI=1S/C21H26N6O2/c1-3-27-10-9-22-20(27)19-18(8-5-11-29-19)21(28)25-16-7-4-6-15(12-16)24-17-13-23-26(2)14-17/h4,6-7,9-10,12-14,18-19,24H,3,5,8,11H2,1-2H3,(H,25,28)/t18-,19-/m1/s1. The predicted molar refractivity (Wildman–Crippen MR) is 111 cm³/mol. The van der Waals surface area contributed by atoms with E-state index in [1.54, 1.807) is 17.1 Å². The molecule has 0 aliphatic carbocycles. The van der Waals surface area contributed by atoms with Crippen LogP contribution >= 0.6 is 0 Å². The number of nitrogens with zero attached hydrogens (tertiary/aromatic N) is 4. The Bertz CT molecular complexity index is 979. The summed E-state index contributed by atoms with van der Waals surface area (Å²) in [5, 5.41) is 10.5. The number of anilines is 3. The minimum Gasteiger partial charge on any atom is -0.369 e. The molecule has 0 unspecified atom stereocenters. The van der Waals surface area contributed by atoms with Crippen molar-refractivity contribution in [2.24, 2.45) is 13.0 Å². The number of hydrogen-bond donors (Lipinski definition) is 2. The molecule has 1 aromatic carbocycles. The highest BCUT2D eigenvalue weighted by molar-refractivity contribution is 5.93.